The average molecular weight is 240 g/mol. The summed E-state index contributed by atoms with van der Waals surface area (Å²) in [5, 5.41) is 0. The third kappa shape index (κ3) is 1.50. The van der Waals surface area contributed by atoms with Crippen molar-refractivity contribution < 1.29 is 23.7 Å². The van der Waals surface area contributed by atoms with E-state index in [1.54, 1.807) is 6.08 Å². The van der Waals surface area contributed by atoms with Crippen molar-refractivity contribution in [3.63, 3.8) is 0 Å². The minimum atomic E-state index is -0.983. The summed E-state index contributed by atoms with van der Waals surface area (Å²) >= 11 is 0. The first-order valence-electron chi connectivity index (χ1n) is 5.97. The number of carbonyl (C=O) groups is 1. The van der Waals surface area contributed by atoms with Crippen molar-refractivity contribution in [1.82, 2.24) is 0 Å². The van der Waals surface area contributed by atoms with Crippen LogP contribution in [0, 0.1) is 0 Å². The highest BCUT2D eigenvalue weighted by Crippen LogP contribution is 2.47. The van der Waals surface area contributed by atoms with Gasteiger partial charge < -0.3 is 18.9 Å². The van der Waals surface area contributed by atoms with Gasteiger partial charge in [0.05, 0.1) is 26.2 Å². The lowest BCUT2D eigenvalue weighted by Gasteiger charge is -2.45. The summed E-state index contributed by atoms with van der Waals surface area (Å²) in [6.07, 6.45) is 3.41. The molecule has 3 aliphatic rings. The van der Waals surface area contributed by atoms with Crippen molar-refractivity contribution in [3.8, 4) is 0 Å². The summed E-state index contributed by atoms with van der Waals surface area (Å²) in [5.41, 5.74) is -0.766. The number of hydrogen-bond acceptors (Lipinski definition) is 5. The molecule has 2 bridgehead atoms. The molecule has 17 heavy (non-hydrogen) atoms. The van der Waals surface area contributed by atoms with Gasteiger partial charge in [0.15, 0.2) is 11.4 Å². The molecule has 0 aliphatic carbocycles. The first-order valence-corrected chi connectivity index (χ1v) is 5.97. The van der Waals surface area contributed by atoms with Gasteiger partial charge in [-0.15, -0.1) is 0 Å². The highest BCUT2D eigenvalue weighted by atomic mass is 16.8. The second-order valence-electron chi connectivity index (χ2n) is 4.52. The summed E-state index contributed by atoms with van der Waals surface area (Å²) < 4.78 is 22.6. The van der Waals surface area contributed by atoms with Crippen molar-refractivity contribution in [2.24, 2.45) is 0 Å². The van der Waals surface area contributed by atoms with E-state index < -0.39 is 17.5 Å². The van der Waals surface area contributed by atoms with Crippen molar-refractivity contribution in [3.05, 3.63) is 12.2 Å². The van der Waals surface area contributed by atoms with Crippen LogP contribution in [-0.4, -0.2) is 49.7 Å². The molecule has 2 fully saturated rings. The van der Waals surface area contributed by atoms with E-state index in [1.165, 1.54) is 0 Å². The molecule has 0 aromatic heterocycles. The van der Waals surface area contributed by atoms with Crippen LogP contribution in [0.2, 0.25) is 0 Å². The molecule has 0 saturated carbocycles. The maximum absolute atomic E-state index is 11.9. The highest BCUT2D eigenvalue weighted by molar-refractivity contribution is 5.88. The second kappa shape index (κ2) is 3.88. The highest BCUT2D eigenvalue weighted by Gasteiger charge is 2.64. The fraction of sp³-hybridized carbons (Fsp3) is 0.750. The Hall–Kier alpha value is -0.750. The van der Waals surface area contributed by atoms with Gasteiger partial charge in [-0.1, -0.05) is 0 Å². The molecule has 0 N–H and O–H groups in total. The summed E-state index contributed by atoms with van der Waals surface area (Å²) in [4.78, 5) is 11.9. The van der Waals surface area contributed by atoms with E-state index in [0.717, 1.165) is 0 Å². The predicted molar refractivity (Wildman–Crippen MR) is 57.5 cm³/mol. The molecule has 2 atom stereocenters. The van der Waals surface area contributed by atoms with Crippen LogP contribution in [0.1, 0.15) is 13.3 Å². The fourth-order valence-electron chi connectivity index (χ4n) is 2.66. The van der Waals surface area contributed by atoms with Crippen LogP contribution in [-0.2, 0) is 23.7 Å². The van der Waals surface area contributed by atoms with Gasteiger partial charge >= 0.3 is 0 Å². The van der Waals surface area contributed by atoms with E-state index in [1.807, 2.05) is 13.0 Å². The van der Waals surface area contributed by atoms with Gasteiger partial charge in [0.1, 0.15) is 6.10 Å². The Labute approximate surface area is 99.7 Å². The van der Waals surface area contributed by atoms with Crippen LogP contribution >= 0.6 is 0 Å². The Kier molecular flexibility index (Phi) is 2.59. The van der Waals surface area contributed by atoms with Crippen molar-refractivity contribution in [2.75, 3.05) is 26.4 Å². The van der Waals surface area contributed by atoms with Crippen LogP contribution in [0.5, 0.6) is 0 Å². The Morgan fingerprint density at radius 3 is 2.94 bits per heavy atom. The number of rotatable bonds is 3. The number of fused-ring (bicyclic) bond motifs is 3. The lowest BCUT2D eigenvalue weighted by atomic mass is 9.88. The number of hydrogen-bond donors (Lipinski definition) is 0. The number of ether oxygens (including phenoxy) is 4. The quantitative estimate of drug-likeness (QED) is 0.670. The SMILES string of the molecule is CCOC[C@]12C=C[C@H](O1)C(=O)CC21OCCO1. The summed E-state index contributed by atoms with van der Waals surface area (Å²) in [6, 6.07) is 0. The third-order valence-corrected chi connectivity index (χ3v) is 3.52. The zero-order valence-corrected chi connectivity index (χ0v) is 9.81. The number of ketones is 1. The molecular weight excluding hydrogens is 224 g/mol. The van der Waals surface area contributed by atoms with Crippen molar-refractivity contribution in [2.45, 2.75) is 30.8 Å². The van der Waals surface area contributed by atoms with E-state index in [-0.39, 0.29) is 12.2 Å². The van der Waals surface area contributed by atoms with Crippen LogP contribution in [0.4, 0.5) is 0 Å². The molecule has 3 rings (SSSR count). The van der Waals surface area contributed by atoms with Crippen LogP contribution in [0.25, 0.3) is 0 Å². The molecule has 3 heterocycles. The molecule has 0 radical (unpaired) electrons. The predicted octanol–water partition coefficient (Wildman–Crippen LogP) is 0.433. The molecule has 0 unspecified atom stereocenters. The van der Waals surface area contributed by atoms with Gasteiger partial charge in [-0.3, -0.25) is 4.79 Å². The maximum Gasteiger partial charge on any atom is 0.211 e. The molecular formula is C12H16O5. The standard InChI is InChI=1S/C12H16O5/c1-2-14-8-11-4-3-10(17-11)9(13)7-12(11)15-5-6-16-12/h3-4,10H,2,5-8H2,1H3/t10-,11-/m0/s1. The second-order valence-corrected chi connectivity index (χ2v) is 4.52. The van der Waals surface area contributed by atoms with Gasteiger partial charge in [0.2, 0.25) is 5.79 Å². The molecule has 0 amide bonds. The van der Waals surface area contributed by atoms with Gasteiger partial charge in [-0.25, -0.2) is 0 Å². The Morgan fingerprint density at radius 2 is 2.24 bits per heavy atom. The van der Waals surface area contributed by atoms with E-state index in [0.29, 0.717) is 26.4 Å². The van der Waals surface area contributed by atoms with E-state index in [2.05, 4.69) is 0 Å². The molecule has 0 aromatic rings. The summed E-state index contributed by atoms with van der Waals surface area (Å²) in [7, 11) is 0. The third-order valence-electron chi connectivity index (χ3n) is 3.52. The average Bonchev–Trinajstić information content (AvgIpc) is 2.92. The minimum Gasteiger partial charge on any atom is -0.378 e. The Balaban J connectivity index is 1.93. The first kappa shape index (κ1) is 11.3. The Bertz CT molecular complexity index is 358. The topological polar surface area (TPSA) is 54.0 Å². The van der Waals surface area contributed by atoms with Gasteiger partial charge in [0.25, 0.3) is 0 Å². The van der Waals surface area contributed by atoms with Crippen LogP contribution < -0.4 is 0 Å². The largest absolute Gasteiger partial charge is 0.378 e. The molecule has 3 aliphatic heterocycles. The molecule has 2 saturated heterocycles. The van der Waals surface area contributed by atoms with Crippen molar-refractivity contribution >= 4 is 5.78 Å². The zero-order valence-electron chi connectivity index (χ0n) is 9.81. The molecule has 94 valence electrons. The molecule has 5 nitrogen and oxygen atoms in total. The smallest absolute Gasteiger partial charge is 0.211 e. The van der Waals surface area contributed by atoms with E-state index >= 15 is 0 Å². The lowest BCUT2D eigenvalue weighted by Crippen LogP contribution is -2.62. The Morgan fingerprint density at radius 1 is 1.47 bits per heavy atom. The summed E-state index contributed by atoms with van der Waals surface area (Å²) in [5.74, 6) is -0.976. The van der Waals surface area contributed by atoms with Crippen LogP contribution in [0.3, 0.4) is 0 Å². The van der Waals surface area contributed by atoms with Crippen molar-refractivity contribution in [1.29, 1.82) is 0 Å². The first-order chi connectivity index (χ1) is 8.21. The zero-order chi connectivity index (χ0) is 11.9. The molecule has 5 heteroatoms. The van der Waals surface area contributed by atoms with Gasteiger partial charge in [-0.2, -0.15) is 0 Å². The number of Topliss-reactive ketones (excluding diaryl/α,β-unsaturated/α-hetero) is 1. The minimum absolute atomic E-state index is 0.00720. The summed E-state index contributed by atoms with van der Waals surface area (Å²) in [6.45, 7) is 3.84. The number of carbonyl (C=O) groups excluding carboxylic acids is 1. The normalized spacial score (nSPS) is 38.2. The molecule has 0 aromatic carbocycles. The fourth-order valence-corrected chi connectivity index (χ4v) is 2.66. The van der Waals surface area contributed by atoms with Gasteiger partial charge in [-0.05, 0) is 19.1 Å². The van der Waals surface area contributed by atoms with Crippen LogP contribution in [0.15, 0.2) is 12.2 Å². The van der Waals surface area contributed by atoms with Gasteiger partial charge in [0, 0.05) is 6.61 Å². The van der Waals surface area contributed by atoms with E-state index in [4.69, 9.17) is 18.9 Å². The maximum atomic E-state index is 11.9. The lowest BCUT2D eigenvalue weighted by molar-refractivity contribution is -0.292. The van der Waals surface area contributed by atoms with E-state index in [9.17, 15) is 4.79 Å². The molecule has 1 spiro atoms. The monoisotopic (exact) mass is 240 g/mol.